The van der Waals surface area contributed by atoms with Crippen LogP contribution >= 0.6 is 24.0 Å². The quantitative estimate of drug-likeness (QED) is 0.276. The van der Waals surface area contributed by atoms with Gasteiger partial charge in [0.05, 0.1) is 4.90 Å². The van der Waals surface area contributed by atoms with Crippen molar-refractivity contribution >= 4 is 40.0 Å². The number of aliphatic imine (C=N–C) groups is 1. The molecule has 0 amide bonds. The number of nitrogens with zero attached hydrogens (tertiary/aromatic N) is 1. The Morgan fingerprint density at radius 2 is 1.47 bits per heavy atom. The Morgan fingerprint density at radius 3 is 1.87 bits per heavy atom. The van der Waals surface area contributed by atoms with Gasteiger partial charge in [0.25, 0.3) is 0 Å². The molecule has 0 saturated heterocycles. The van der Waals surface area contributed by atoms with E-state index in [0.717, 1.165) is 11.1 Å². The van der Waals surface area contributed by atoms with Gasteiger partial charge in [-0.1, -0.05) is 24.3 Å². The molecule has 0 saturated carbocycles. The summed E-state index contributed by atoms with van der Waals surface area (Å²) in [6.45, 7) is -0.544. The number of nitrogens with two attached hydrogens (primary N) is 1. The van der Waals surface area contributed by atoms with E-state index in [2.05, 4.69) is 20.4 Å². The number of ether oxygens (including phenoxy) is 1. The van der Waals surface area contributed by atoms with E-state index in [4.69, 9.17) is 5.14 Å². The van der Waals surface area contributed by atoms with Gasteiger partial charge in [-0.2, -0.15) is 13.2 Å². The van der Waals surface area contributed by atoms with Gasteiger partial charge in [-0.3, -0.25) is 4.99 Å². The van der Waals surface area contributed by atoms with E-state index in [9.17, 15) is 21.6 Å². The molecule has 0 radical (unpaired) electrons. The highest BCUT2D eigenvalue weighted by Gasteiger charge is 2.28. The first-order valence-corrected chi connectivity index (χ1v) is 9.96. The molecule has 0 bridgehead atoms. The number of hydrogen-bond acceptors (Lipinski definition) is 4. The summed E-state index contributed by atoms with van der Waals surface area (Å²) < 4.78 is 63.6. The number of alkyl halides is 3. The van der Waals surface area contributed by atoms with Crippen molar-refractivity contribution in [2.45, 2.75) is 24.2 Å². The molecule has 12 heteroatoms. The Labute approximate surface area is 190 Å². The van der Waals surface area contributed by atoms with Crippen molar-refractivity contribution in [2.24, 2.45) is 10.1 Å². The smallest absolute Gasteiger partial charge is 0.422 e. The number of guanidine groups is 1. The second kappa shape index (κ2) is 11.4. The fourth-order valence-corrected chi connectivity index (χ4v) is 2.77. The maximum atomic E-state index is 12.1. The summed E-state index contributed by atoms with van der Waals surface area (Å²) in [4.78, 5) is 4.11. The summed E-state index contributed by atoms with van der Waals surface area (Å²) in [6.07, 6.45) is -4.38. The average molecular weight is 558 g/mol. The second-order valence-electron chi connectivity index (χ2n) is 6.02. The minimum Gasteiger partial charge on any atom is -0.484 e. The first-order valence-electron chi connectivity index (χ1n) is 8.41. The summed E-state index contributed by atoms with van der Waals surface area (Å²) in [5.74, 6) is 0.634. The van der Waals surface area contributed by atoms with Crippen LogP contribution in [0.4, 0.5) is 13.2 Å². The zero-order valence-electron chi connectivity index (χ0n) is 15.9. The monoisotopic (exact) mass is 558 g/mol. The molecule has 2 aromatic carbocycles. The van der Waals surface area contributed by atoms with Crippen LogP contribution in [0.2, 0.25) is 0 Å². The van der Waals surface area contributed by atoms with Gasteiger partial charge in [0.2, 0.25) is 10.0 Å². The molecule has 166 valence electrons. The van der Waals surface area contributed by atoms with Gasteiger partial charge in [-0.05, 0) is 35.4 Å². The van der Waals surface area contributed by atoms with Crippen LogP contribution in [-0.2, 0) is 23.1 Å². The molecule has 0 fully saturated rings. The van der Waals surface area contributed by atoms with E-state index in [1.54, 1.807) is 31.3 Å². The summed E-state index contributed by atoms with van der Waals surface area (Å²) in [5, 5.41) is 11.2. The van der Waals surface area contributed by atoms with Crippen molar-refractivity contribution in [3.63, 3.8) is 0 Å². The van der Waals surface area contributed by atoms with Gasteiger partial charge in [-0.15, -0.1) is 24.0 Å². The Balaban J connectivity index is 0.00000450. The fraction of sp³-hybridized carbons (Fsp3) is 0.278. The van der Waals surface area contributed by atoms with Crippen LogP contribution in [0.15, 0.2) is 58.4 Å². The zero-order valence-corrected chi connectivity index (χ0v) is 19.1. The van der Waals surface area contributed by atoms with Crippen LogP contribution in [0.1, 0.15) is 11.1 Å². The van der Waals surface area contributed by atoms with E-state index in [1.807, 2.05) is 0 Å². The number of hydrogen-bond donors (Lipinski definition) is 3. The van der Waals surface area contributed by atoms with Crippen molar-refractivity contribution in [1.29, 1.82) is 0 Å². The third kappa shape index (κ3) is 9.17. The Kier molecular flexibility index (Phi) is 9.84. The molecular formula is C18H22F3IN4O3S. The van der Waals surface area contributed by atoms with E-state index < -0.39 is 22.8 Å². The molecule has 0 aromatic heterocycles. The molecule has 2 rings (SSSR count). The van der Waals surface area contributed by atoms with Crippen molar-refractivity contribution in [3.05, 3.63) is 59.7 Å². The number of rotatable bonds is 7. The maximum Gasteiger partial charge on any atom is 0.422 e. The topological polar surface area (TPSA) is 106 Å². The van der Waals surface area contributed by atoms with Crippen LogP contribution in [0.25, 0.3) is 0 Å². The summed E-state index contributed by atoms with van der Waals surface area (Å²) in [5.41, 5.74) is 1.65. The molecule has 0 heterocycles. The third-order valence-electron chi connectivity index (χ3n) is 3.72. The molecule has 0 unspecified atom stereocenters. The van der Waals surface area contributed by atoms with E-state index >= 15 is 0 Å². The predicted octanol–water partition coefficient (Wildman–Crippen LogP) is 2.76. The molecule has 0 atom stereocenters. The number of primary sulfonamides is 1. The van der Waals surface area contributed by atoms with Crippen LogP contribution in [0.5, 0.6) is 5.75 Å². The summed E-state index contributed by atoms with van der Waals surface area (Å²) >= 11 is 0. The maximum absolute atomic E-state index is 12.1. The lowest BCUT2D eigenvalue weighted by molar-refractivity contribution is -0.153. The standard InChI is InChI=1S/C18H21F3N4O3S.HI/c1-23-17(25-11-14-4-8-16(9-5-14)29(22,26)27)24-10-13-2-6-15(7-3-13)28-12-18(19,20)21;/h2-9H,10-12H2,1H3,(H2,22,26,27)(H2,23,24,25);1H. The summed E-state index contributed by atoms with van der Waals surface area (Å²) in [7, 11) is -2.14. The van der Waals surface area contributed by atoms with Crippen LogP contribution < -0.4 is 20.5 Å². The van der Waals surface area contributed by atoms with Gasteiger partial charge in [-0.25, -0.2) is 13.6 Å². The molecule has 30 heavy (non-hydrogen) atoms. The predicted molar refractivity (Wildman–Crippen MR) is 118 cm³/mol. The summed E-state index contributed by atoms with van der Waals surface area (Å²) in [6, 6.07) is 12.4. The largest absolute Gasteiger partial charge is 0.484 e. The van der Waals surface area contributed by atoms with E-state index in [1.165, 1.54) is 24.3 Å². The Morgan fingerprint density at radius 1 is 1.00 bits per heavy atom. The highest BCUT2D eigenvalue weighted by molar-refractivity contribution is 14.0. The van der Waals surface area contributed by atoms with Crippen molar-refractivity contribution in [2.75, 3.05) is 13.7 Å². The Hall–Kier alpha value is -2.06. The lowest BCUT2D eigenvalue weighted by Gasteiger charge is -2.13. The fourth-order valence-electron chi connectivity index (χ4n) is 2.26. The molecule has 7 nitrogen and oxygen atoms in total. The first kappa shape index (κ1) is 26.0. The van der Waals surface area contributed by atoms with Gasteiger partial charge in [0, 0.05) is 20.1 Å². The van der Waals surface area contributed by atoms with Gasteiger partial charge >= 0.3 is 6.18 Å². The SMILES string of the molecule is CN=C(NCc1ccc(OCC(F)(F)F)cc1)NCc1ccc(S(N)(=O)=O)cc1.I. The van der Waals surface area contributed by atoms with E-state index in [-0.39, 0.29) is 34.6 Å². The highest BCUT2D eigenvalue weighted by atomic mass is 127. The molecular weight excluding hydrogens is 536 g/mol. The number of benzene rings is 2. The average Bonchev–Trinajstić information content (AvgIpc) is 2.66. The van der Waals surface area contributed by atoms with Gasteiger partial charge in [0.15, 0.2) is 12.6 Å². The minimum atomic E-state index is -4.38. The van der Waals surface area contributed by atoms with Crippen molar-refractivity contribution < 1.29 is 26.3 Å². The van der Waals surface area contributed by atoms with E-state index in [0.29, 0.717) is 19.0 Å². The Bertz CT molecular complexity index is 935. The van der Waals surface area contributed by atoms with Crippen molar-refractivity contribution in [3.8, 4) is 5.75 Å². The van der Waals surface area contributed by atoms with Gasteiger partial charge < -0.3 is 15.4 Å². The highest BCUT2D eigenvalue weighted by Crippen LogP contribution is 2.18. The molecule has 4 N–H and O–H groups in total. The lowest BCUT2D eigenvalue weighted by atomic mass is 10.2. The number of nitrogens with one attached hydrogen (secondary N) is 2. The second-order valence-corrected chi connectivity index (χ2v) is 7.58. The zero-order chi connectivity index (χ0) is 21.5. The third-order valence-corrected chi connectivity index (χ3v) is 4.65. The first-order chi connectivity index (χ1) is 13.6. The molecule has 2 aromatic rings. The number of halogens is 4. The van der Waals surface area contributed by atoms with Gasteiger partial charge in [0.1, 0.15) is 5.75 Å². The number of sulfonamides is 1. The van der Waals surface area contributed by atoms with Crippen LogP contribution in [0.3, 0.4) is 0 Å². The minimum absolute atomic E-state index is 0. The van der Waals surface area contributed by atoms with Crippen LogP contribution in [0, 0.1) is 0 Å². The van der Waals surface area contributed by atoms with Crippen molar-refractivity contribution in [1.82, 2.24) is 10.6 Å². The molecule has 0 spiro atoms. The van der Waals surface area contributed by atoms with Crippen LogP contribution in [-0.4, -0.2) is 34.2 Å². The lowest BCUT2D eigenvalue weighted by Crippen LogP contribution is -2.36. The molecule has 0 aliphatic heterocycles. The molecule has 0 aliphatic rings. The normalized spacial score (nSPS) is 12.1. The molecule has 0 aliphatic carbocycles.